The Bertz CT molecular complexity index is 650. The maximum atomic E-state index is 11.2. The zero-order chi connectivity index (χ0) is 15.2. The standard InChI is InChI=1S/C14H15N3O3S/c1-3-20-11-6-4-10(5-7-11)8-12(13(18)19)21-14-15-9(2)16-17-14/h4-8H,3H2,1-2H3,(H,18,19)(H,15,16,17)/p-1/b12-8+. The van der Waals surface area contributed by atoms with Gasteiger partial charge in [0, 0.05) is 4.91 Å². The number of nitrogens with one attached hydrogen (secondary N) is 1. The number of aromatic nitrogens is 3. The number of aryl methyl sites for hydroxylation is 1. The van der Waals surface area contributed by atoms with Gasteiger partial charge in [-0.2, -0.15) is 0 Å². The van der Waals surface area contributed by atoms with Crippen molar-refractivity contribution in [1.29, 1.82) is 0 Å². The summed E-state index contributed by atoms with van der Waals surface area (Å²) in [5.74, 6) is 0.0921. The molecule has 0 radical (unpaired) electrons. The van der Waals surface area contributed by atoms with E-state index in [-0.39, 0.29) is 4.91 Å². The van der Waals surface area contributed by atoms with Crippen molar-refractivity contribution < 1.29 is 14.6 Å². The minimum atomic E-state index is -1.27. The summed E-state index contributed by atoms with van der Waals surface area (Å²) in [4.78, 5) is 15.3. The largest absolute Gasteiger partial charge is 0.544 e. The van der Waals surface area contributed by atoms with Crippen LogP contribution < -0.4 is 9.84 Å². The van der Waals surface area contributed by atoms with Crippen LogP contribution in [0.25, 0.3) is 6.08 Å². The predicted octanol–water partition coefficient (Wildman–Crippen LogP) is 1.39. The second kappa shape index (κ2) is 6.94. The second-order valence-electron chi connectivity index (χ2n) is 4.10. The van der Waals surface area contributed by atoms with Crippen LogP contribution in [0.1, 0.15) is 18.3 Å². The molecule has 6 nitrogen and oxygen atoms in total. The van der Waals surface area contributed by atoms with Gasteiger partial charge in [0.1, 0.15) is 11.6 Å². The second-order valence-corrected chi connectivity index (χ2v) is 5.11. The Kier molecular flexibility index (Phi) is 4.99. The topological polar surface area (TPSA) is 90.9 Å². The molecular formula is C14H14N3O3S-. The van der Waals surface area contributed by atoms with Gasteiger partial charge in [-0.3, -0.25) is 5.10 Å². The average molecular weight is 304 g/mol. The van der Waals surface area contributed by atoms with Crippen LogP contribution in [0.5, 0.6) is 5.75 Å². The van der Waals surface area contributed by atoms with Crippen molar-refractivity contribution in [3.63, 3.8) is 0 Å². The molecule has 0 atom stereocenters. The maximum absolute atomic E-state index is 11.2. The number of aliphatic carboxylic acids is 1. The number of carboxylic acid groups (broad SMARTS) is 1. The van der Waals surface area contributed by atoms with Gasteiger partial charge >= 0.3 is 0 Å². The highest BCUT2D eigenvalue weighted by molar-refractivity contribution is 8.04. The molecule has 0 aliphatic heterocycles. The maximum Gasteiger partial charge on any atom is 0.213 e. The fourth-order valence-electron chi connectivity index (χ4n) is 1.57. The quantitative estimate of drug-likeness (QED) is 0.640. The molecule has 0 aliphatic rings. The molecular weight excluding hydrogens is 290 g/mol. The van der Waals surface area contributed by atoms with Crippen molar-refractivity contribution in [2.45, 2.75) is 19.0 Å². The van der Waals surface area contributed by atoms with E-state index in [1.807, 2.05) is 6.92 Å². The average Bonchev–Trinajstić information content (AvgIpc) is 2.86. The van der Waals surface area contributed by atoms with E-state index in [1.165, 1.54) is 6.08 Å². The highest BCUT2D eigenvalue weighted by atomic mass is 32.2. The predicted molar refractivity (Wildman–Crippen MR) is 77.6 cm³/mol. The highest BCUT2D eigenvalue weighted by Crippen LogP contribution is 2.25. The fraction of sp³-hybridized carbons (Fsp3) is 0.214. The van der Waals surface area contributed by atoms with Gasteiger partial charge in [0.25, 0.3) is 0 Å². The number of nitrogens with zero attached hydrogens (tertiary/aromatic N) is 2. The number of carbonyl (C=O) groups excluding carboxylic acids is 1. The highest BCUT2D eigenvalue weighted by Gasteiger charge is 2.07. The van der Waals surface area contributed by atoms with E-state index in [0.29, 0.717) is 17.6 Å². The first kappa shape index (κ1) is 15.1. The lowest BCUT2D eigenvalue weighted by Crippen LogP contribution is -2.23. The number of hydrogen-bond donors (Lipinski definition) is 1. The summed E-state index contributed by atoms with van der Waals surface area (Å²) in [6.45, 7) is 4.23. The molecule has 2 aromatic rings. The van der Waals surface area contributed by atoms with Crippen LogP contribution in [-0.4, -0.2) is 27.8 Å². The van der Waals surface area contributed by atoms with Crippen LogP contribution in [0.4, 0.5) is 0 Å². The summed E-state index contributed by atoms with van der Waals surface area (Å²) in [5, 5.41) is 18.1. The molecule has 1 aromatic carbocycles. The molecule has 0 saturated heterocycles. The molecule has 1 heterocycles. The van der Waals surface area contributed by atoms with Crippen LogP contribution in [-0.2, 0) is 4.79 Å². The summed E-state index contributed by atoms with van der Waals surface area (Å²) in [5.41, 5.74) is 0.734. The van der Waals surface area contributed by atoms with Gasteiger partial charge in [-0.15, -0.1) is 5.10 Å². The molecule has 0 fully saturated rings. The van der Waals surface area contributed by atoms with Gasteiger partial charge in [-0.05, 0) is 49.4 Å². The van der Waals surface area contributed by atoms with Crippen molar-refractivity contribution >= 4 is 23.8 Å². The van der Waals surface area contributed by atoms with Gasteiger partial charge in [0.15, 0.2) is 0 Å². The Labute approximate surface area is 126 Å². The van der Waals surface area contributed by atoms with E-state index < -0.39 is 5.97 Å². The molecule has 0 saturated carbocycles. The molecule has 0 aliphatic carbocycles. The van der Waals surface area contributed by atoms with Crippen LogP contribution in [0.2, 0.25) is 0 Å². The normalized spacial score (nSPS) is 11.4. The van der Waals surface area contributed by atoms with Gasteiger partial charge in [0.2, 0.25) is 5.16 Å². The van der Waals surface area contributed by atoms with Crippen molar-refractivity contribution in [2.75, 3.05) is 6.61 Å². The third-order valence-corrected chi connectivity index (χ3v) is 3.34. The van der Waals surface area contributed by atoms with E-state index in [1.54, 1.807) is 31.2 Å². The van der Waals surface area contributed by atoms with Crippen LogP contribution in [0.3, 0.4) is 0 Å². The Morgan fingerprint density at radius 1 is 1.43 bits per heavy atom. The molecule has 7 heteroatoms. The van der Waals surface area contributed by atoms with Gasteiger partial charge in [-0.1, -0.05) is 12.1 Å². The van der Waals surface area contributed by atoms with E-state index >= 15 is 0 Å². The lowest BCUT2D eigenvalue weighted by molar-refractivity contribution is -0.297. The Hall–Kier alpha value is -2.28. The molecule has 0 amide bonds. The Morgan fingerprint density at radius 2 is 2.14 bits per heavy atom. The minimum absolute atomic E-state index is 0.0400. The fourth-order valence-corrected chi connectivity index (χ4v) is 2.32. The van der Waals surface area contributed by atoms with Crippen LogP contribution >= 0.6 is 11.8 Å². The lowest BCUT2D eigenvalue weighted by atomic mass is 10.2. The monoisotopic (exact) mass is 304 g/mol. The number of carboxylic acids is 1. The first-order chi connectivity index (χ1) is 10.1. The smallest absolute Gasteiger partial charge is 0.213 e. The van der Waals surface area contributed by atoms with Crippen molar-refractivity contribution in [1.82, 2.24) is 15.2 Å². The zero-order valence-corrected chi connectivity index (χ0v) is 12.4. The third-order valence-electron chi connectivity index (χ3n) is 2.47. The van der Waals surface area contributed by atoms with Crippen LogP contribution in [0.15, 0.2) is 34.3 Å². The molecule has 1 N–H and O–H groups in total. The first-order valence-corrected chi connectivity index (χ1v) is 7.13. The van der Waals surface area contributed by atoms with E-state index in [4.69, 9.17) is 4.74 Å². The Morgan fingerprint density at radius 3 is 2.67 bits per heavy atom. The van der Waals surface area contributed by atoms with Crippen molar-refractivity contribution in [3.05, 3.63) is 40.6 Å². The van der Waals surface area contributed by atoms with E-state index in [0.717, 1.165) is 23.1 Å². The summed E-state index contributed by atoms with van der Waals surface area (Å²) < 4.78 is 5.33. The van der Waals surface area contributed by atoms with Gasteiger partial charge < -0.3 is 14.6 Å². The number of H-pyrrole nitrogens is 1. The van der Waals surface area contributed by atoms with Gasteiger partial charge in [0.05, 0.1) is 12.6 Å². The molecule has 21 heavy (non-hydrogen) atoms. The van der Waals surface area contributed by atoms with E-state index in [2.05, 4.69) is 15.2 Å². The SMILES string of the molecule is CCOc1ccc(/C=C(/Sc2n[nH]c(C)n2)C(=O)[O-])cc1. The number of rotatable bonds is 6. The summed E-state index contributed by atoms with van der Waals surface area (Å²) in [6, 6.07) is 7.11. The first-order valence-electron chi connectivity index (χ1n) is 6.31. The number of thioether (sulfide) groups is 1. The van der Waals surface area contributed by atoms with Crippen LogP contribution in [0, 0.1) is 6.92 Å². The van der Waals surface area contributed by atoms with Crippen molar-refractivity contribution in [3.8, 4) is 5.75 Å². The van der Waals surface area contributed by atoms with Crippen molar-refractivity contribution in [2.24, 2.45) is 0 Å². The number of ether oxygens (including phenoxy) is 1. The molecule has 1 aromatic heterocycles. The molecule has 0 unspecified atom stereocenters. The molecule has 2 rings (SSSR count). The number of aromatic amines is 1. The molecule has 0 bridgehead atoms. The summed E-state index contributed by atoms with van der Waals surface area (Å²) in [7, 11) is 0. The molecule has 0 spiro atoms. The minimum Gasteiger partial charge on any atom is -0.544 e. The van der Waals surface area contributed by atoms with Gasteiger partial charge in [-0.25, -0.2) is 4.98 Å². The lowest BCUT2D eigenvalue weighted by Gasteiger charge is -2.06. The number of benzene rings is 1. The molecule has 110 valence electrons. The van der Waals surface area contributed by atoms with E-state index in [9.17, 15) is 9.90 Å². The Balaban J connectivity index is 2.18. The number of hydrogen-bond acceptors (Lipinski definition) is 6. The summed E-state index contributed by atoms with van der Waals surface area (Å²) >= 11 is 0.941. The third kappa shape index (κ3) is 4.35. The zero-order valence-electron chi connectivity index (χ0n) is 11.6. The summed E-state index contributed by atoms with van der Waals surface area (Å²) in [6.07, 6.45) is 1.52. The number of carbonyl (C=O) groups is 1.